The Balaban J connectivity index is 3.94. The second kappa shape index (κ2) is 11.7. The van der Waals surface area contributed by atoms with Gasteiger partial charge < -0.3 is 18.9 Å². The molecule has 19 heavy (non-hydrogen) atoms. The number of methoxy groups -OCH3 is 2. The minimum Gasteiger partial charge on any atom is -0.449 e. The number of imide groups is 1. The van der Waals surface area contributed by atoms with Crippen LogP contribution in [-0.4, -0.2) is 64.3 Å². The van der Waals surface area contributed by atoms with E-state index in [-0.39, 0.29) is 19.8 Å². The quantitative estimate of drug-likeness (QED) is 0.597. The molecule has 0 aliphatic heterocycles. The second-order valence-corrected chi connectivity index (χ2v) is 3.67. The summed E-state index contributed by atoms with van der Waals surface area (Å²) in [6.07, 6.45) is -0.226. The van der Waals surface area contributed by atoms with E-state index >= 15 is 0 Å². The van der Waals surface area contributed by atoms with Crippen molar-refractivity contribution in [2.45, 2.75) is 19.8 Å². The van der Waals surface area contributed by atoms with Gasteiger partial charge in [0.15, 0.2) is 0 Å². The van der Waals surface area contributed by atoms with Gasteiger partial charge in [-0.3, -0.25) is 0 Å². The normalized spacial score (nSPS) is 10.1. The van der Waals surface area contributed by atoms with Crippen LogP contribution in [0.15, 0.2) is 0 Å². The highest BCUT2D eigenvalue weighted by atomic mass is 16.6. The van der Waals surface area contributed by atoms with Crippen LogP contribution in [0.1, 0.15) is 19.8 Å². The average Bonchev–Trinajstić information content (AvgIpc) is 2.40. The number of nitrogens with zero attached hydrogens (tertiary/aromatic N) is 1. The molecule has 0 aromatic heterocycles. The Bertz CT molecular complexity index is 235. The van der Waals surface area contributed by atoms with Gasteiger partial charge in [0.1, 0.15) is 0 Å². The number of rotatable bonds is 9. The van der Waals surface area contributed by atoms with Crippen LogP contribution in [0, 0.1) is 0 Å². The third-order valence-electron chi connectivity index (χ3n) is 2.19. The minimum absolute atomic E-state index is 0.201. The summed E-state index contributed by atoms with van der Waals surface area (Å²) in [5, 5.41) is 0. The maximum absolute atomic E-state index is 11.6. The van der Waals surface area contributed by atoms with Gasteiger partial charge in [-0.15, -0.1) is 0 Å². The summed E-state index contributed by atoms with van der Waals surface area (Å²) >= 11 is 0. The van der Waals surface area contributed by atoms with E-state index in [1.807, 2.05) is 0 Å². The van der Waals surface area contributed by atoms with E-state index in [0.717, 1.165) is 4.90 Å². The number of carbonyl (C=O) groups is 2. The Morgan fingerprint density at radius 1 is 0.842 bits per heavy atom. The molecular weight excluding hydrogens is 254 g/mol. The highest BCUT2D eigenvalue weighted by Gasteiger charge is 2.22. The largest absolute Gasteiger partial charge is 0.449 e. The van der Waals surface area contributed by atoms with E-state index in [0.29, 0.717) is 26.1 Å². The highest BCUT2D eigenvalue weighted by Crippen LogP contribution is 2.00. The molecule has 0 N–H and O–H groups in total. The minimum atomic E-state index is -0.699. The molecule has 0 unspecified atom stereocenters. The molecule has 0 rings (SSSR count). The van der Waals surface area contributed by atoms with E-state index in [2.05, 4.69) is 0 Å². The lowest BCUT2D eigenvalue weighted by atomic mass is 10.5. The summed E-state index contributed by atoms with van der Waals surface area (Å²) in [4.78, 5) is 24.1. The van der Waals surface area contributed by atoms with Crippen molar-refractivity contribution in [3.8, 4) is 0 Å². The van der Waals surface area contributed by atoms with Crippen molar-refractivity contribution in [3.63, 3.8) is 0 Å². The molecule has 7 heteroatoms. The smallest absolute Gasteiger partial charge is 0.419 e. The SMILES string of the molecule is CCN(C(=O)OCCCOC)C(=O)OCCCOC. The first kappa shape index (κ1) is 17.7. The van der Waals surface area contributed by atoms with E-state index in [9.17, 15) is 9.59 Å². The van der Waals surface area contributed by atoms with Crippen molar-refractivity contribution < 1.29 is 28.5 Å². The first-order chi connectivity index (χ1) is 9.17. The Kier molecular flexibility index (Phi) is 10.9. The van der Waals surface area contributed by atoms with Crippen LogP contribution in [-0.2, 0) is 18.9 Å². The number of carbonyl (C=O) groups excluding carboxylic acids is 2. The fraction of sp³-hybridized carbons (Fsp3) is 0.833. The molecule has 0 aromatic rings. The van der Waals surface area contributed by atoms with Crippen LogP contribution in [0.5, 0.6) is 0 Å². The molecule has 0 heterocycles. The van der Waals surface area contributed by atoms with Gasteiger partial charge in [0.2, 0.25) is 0 Å². The molecule has 0 atom stereocenters. The first-order valence-corrected chi connectivity index (χ1v) is 6.26. The molecule has 2 amide bonds. The maximum atomic E-state index is 11.6. The van der Waals surface area contributed by atoms with Crippen molar-refractivity contribution in [2.24, 2.45) is 0 Å². The number of amides is 2. The number of hydrogen-bond donors (Lipinski definition) is 0. The zero-order chi connectivity index (χ0) is 14.5. The van der Waals surface area contributed by atoms with Gasteiger partial charge in [-0.25, -0.2) is 14.5 Å². The summed E-state index contributed by atoms with van der Waals surface area (Å²) in [6, 6.07) is 0. The van der Waals surface area contributed by atoms with Gasteiger partial charge in [0.25, 0.3) is 0 Å². The van der Waals surface area contributed by atoms with Crippen LogP contribution >= 0.6 is 0 Å². The summed E-state index contributed by atoms with van der Waals surface area (Å²) in [6.45, 7) is 3.29. The Hall–Kier alpha value is -1.34. The monoisotopic (exact) mass is 277 g/mol. The molecule has 0 bridgehead atoms. The molecule has 0 aromatic carbocycles. The van der Waals surface area contributed by atoms with Gasteiger partial charge in [0.05, 0.1) is 13.2 Å². The molecule has 0 saturated carbocycles. The van der Waals surface area contributed by atoms with Gasteiger partial charge in [-0.1, -0.05) is 0 Å². The Morgan fingerprint density at radius 3 is 1.58 bits per heavy atom. The third kappa shape index (κ3) is 8.39. The van der Waals surface area contributed by atoms with Crippen LogP contribution in [0.2, 0.25) is 0 Å². The van der Waals surface area contributed by atoms with Crippen molar-refractivity contribution in [2.75, 3.05) is 47.2 Å². The molecule has 0 saturated heterocycles. The summed E-state index contributed by atoms with van der Waals surface area (Å²) in [5.74, 6) is 0. The molecule has 0 fully saturated rings. The Labute approximate surface area is 113 Å². The van der Waals surface area contributed by atoms with Gasteiger partial charge >= 0.3 is 12.2 Å². The highest BCUT2D eigenvalue weighted by molar-refractivity contribution is 5.87. The lowest BCUT2D eigenvalue weighted by Crippen LogP contribution is -2.38. The van der Waals surface area contributed by atoms with Crippen LogP contribution in [0.25, 0.3) is 0 Å². The van der Waals surface area contributed by atoms with Crippen LogP contribution in [0.4, 0.5) is 9.59 Å². The van der Waals surface area contributed by atoms with Gasteiger partial charge in [-0.2, -0.15) is 0 Å². The van der Waals surface area contributed by atoms with Crippen molar-refractivity contribution >= 4 is 12.2 Å². The molecule has 0 aliphatic carbocycles. The lowest BCUT2D eigenvalue weighted by Gasteiger charge is -2.18. The third-order valence-corrected chi connectivity index (χ3v) is 2.19. The maximum Gasteiger partial charge on any atom is 0.419 e. The predicted molar refractivity (Wildman–Crippen MR) is 68.1 cm³/mol. The summed E-state index contributed by atoms with van der Waals surface area (Å²) in [7, 11) is 3.13. The summed E-state index contributed by atoms with van der Waals surface area (Å²) < 4.78 is 19.5. The average molecular weight is 277 g/mol. The lowest BCUT2D eigenvalue weighted by molar-refractivity contribution is 0.0687. The second-order valence-electron chi connectivity index (χ2n) is 3.67. The first-order valence-electron chi connectivity index (χ1n) is 6.26. The summed E-state index contributed by atoms with van der Waals surface area (Å²) in [5.41, 5.74) is 0. The zero-order valence-corrected chi connectivity index (χ0v) is 11.8. The molecule has 0 spiro atoms. The standard InChI is InChI=1S/C12H23NO6/c1-4-13(11(14)18-9-5-7-16-2)12(15)19-10-6-8-17-3/h4-10H2,1-3H3. The Morgan fingerprint density at radius 2 is 1.26 bits per heavy atom. The van der Waals surface area contributed by atoms with Crippen LogP contribution < -0.4 is 0 Å². The molecule has 112 valence electrons. The van der Waals surface area contributed by atoms with E-state index in [4.69, 9.17) is 18.9 Å². The molecule has 0 radical (unpaired) electrons. The number of hydrogen-bond acceptors (Lipinski definition) is 6. The molecule has 7 nitrogen and oxygen atoms in total. The van der Waals surface area contributed by atoms with Crippen molar-refractivity contribution in [1.29, 1.82) is 0 Å². The zero-order valence-electron chi connectivity index (χ0n) is 11.8. The van der Waals surface area contributed by atoms with Crippen molar-refractivity contribution in [1.82, 2.24) is 4.90 Å². The molecular formula is C12H23NO6. The molecule has 0 aliphatic rings. The fourth-order valence-corrected chi connectivity index (χ4v) is 1.21. The van der Waals surface area contributed by atoms with Gasteiger partial charge in [0, 0.05) is 46.8 Å². The van der Waals surface area contributed by atoms with Crippen molar-refractivity contribution in [3.05, 3.63) is 0 Å². The number of ether oxygens (including phenoxy) is 4. The van der Waals surface area contributed by atoms with E-state index in [1.165, 1.54) is 0 Å². The fourth-order valence-electron chi connectivity index (χ4n) is 1.21. The van der Waals surface area contributed by atoms with Gasteiger partial charge in [-0.05, 0) is 6.92 Å². The topological polar surface area (TPSA) is 74.3 Å². The van der Waals surface area contributed by atoms with E-state index in [1.54, 1.807) is 21.1 Å². The van der Waals surface area contributed by atoms with E-state index < -0.39 is 12.2 Å². The predicted octanol–water partition coefficient (Wildman–Crippen LogP) is 1.65. The van der Waals surface area contributed by atoms with Crippen LogP contribution in [0.3, 0.4) is 0 Å².